The van der Waals surface area contributed by atoms with Crippen molar-refractivity contribution in [1.29, 1.82) is 0 Å². The van der Waals surface area contributed by atoms with Crippen LogP contribution >= 0.6 is 27.3 Å². The summed E-state index contributed by atoms with van der Waals surface area (Å²) in [6, 6.07) is 6.18. The third kappa shape index (κ3) is 1.80. The predicted octanol–water partition coefficient (Wildman–Crippen LogP) is 4.12. The Kier molecular flexibility index (Phi) is 2.47. The molecule has 5 heteroatoms. The summed E-state index contributed by atoms with van der Waals surface area (Å²) in [5, 5.41) is 0. The molecule has 1 aliphatic rings. The average Bonchev–Trinajstić information content (AvgIpc) is 2.98. The van der Waals surface area contributed by atoms with Gasteiger partial charge in [-0.2, -0.15) is 0 Å². The van der Waals surface area contributed by atoms with E-state index < -0.39 is 0 Å². The number of aryl methyl sites for hydroxylation is 2. The minimum absolute atomic E-state index is 0.705. The number of anilines is 1. The molecule has 2 aromatic heterocycles. The summed E-state index contributed by atoms with van der Waals surface area (Å²) in [7, 11) is 0. The van der Waals surface area contributed by atoms with Gasteiger partial charge < -0.3 is 10.7 Å². The van der Waals surface area contributed by atoms with Gasteiger partial charge in [0, 0.05) is 9.35 Å². The minimum atomic E-state index is 0.705. The summed E-state index contributed by atoms with van der Waals surface area (Å²) in [6.45, 7) is 0. The van der Waals surface area contributed by atoms with E-state index >= 15 is 0 Å². The Morgan fingerprint density at radius 1 is 1.26 bits per heavy atom. The smallest absolute Gasteiger partial charge is 0.148 e. The molecule has 96 valence electrons. The Labute approximate surface area is 123 Å². The summed E-state index contributed by atoms with van der Waals surface area (Å²) >= 11 is 5.31. The molecule has 4 rings (SSSR count). The molecular formula is C14H12BrN3S. The van der Waals surface area contributed by atoms with Crippen molar-refractivity contribution in [3.05, 3.63) is 33.1 Å². The number of rotatable bonds is 1. The van der Waals surface area contributed by atoms with Gasteiger partial charge in [-0.05, 0) is 43.0 Å². The van der Waals surface area contributed by atoms with Crippen molar-refractivity contribution in [3.8, 4) is 10.7 Å². The normalized spacial score (nSPS) is 14.2. The molecule has 3 aromatic rings. The molecule has 0 saturated carbocycles. The van der Waals surface area contributed by atoms with E-state index in [1.54, 1.807) is 0 Å². The summed E-state index contributed by atoms with van der Waals surface area (Å²) in [5.74, 6) is 0.930. The highest BCUT2D eigenvalue weighted by molar-refractivity contribution is 9.10. The lowest BCUT2D eigenvalue weighted by molar-refractivity contribution is 0.915. The summed E-state index contributed by atoms with van der Waals surface area (Å²) in [5.41, 5.74) is 10.0. The molecule has 0 atom stereocenters. The van der Waals surface area contributed by atoms with Crippen molar-refractivity contribution in [1.82, 2.24) is 9.97 Å². The number of benzene rings is 1. The lowest BCUT2D eigenvalue weighted by Crippen LogP contribution is -1.86. The second-order valence-corrected chi connectivity index (χ2v) is 6.94. The Balaban J connectivity index is 1.88. The Bertz CT molecular complexity index is 766. The number of hydrogen-bond acceptors (Lipinski definition) is 3. The first-order chi connectivity index (χ1) is 9.20. The molecule has 0 spiro atoms. The molecule has 0 aliphatic heterocycles. The SMILES string of the molecule is Nc1cc(Br)cc2[nH]c(-c3cc4c(s3)CCC4)nc12. The van der Waals surface area contributed by atoms with Gasteiger partial charge in [0.15, 0.2) is 0 Å². The highest BCUT2D eigenvalue weighted by atomic mass is 79.9. The minimum Gasteiger partial charge on any atom is -0.397 e. The van der Waals surface area contributed by atoms with Gasteiger partial charge in [0.05, 0.1) is 16.1 Å². The van der Waals surface area contributed by atoms with Crippen LogP contribution in [-0.4, -0.2) is 9.97 Å². The standard InChI is InChI=1S/C14H12BrN3S/c15-8-5-9(16)13-10(6-8)17-14(18-13)12-4-7-2-1-3-11(7)19-12/h4-6H,1-3,16H2,(H,17,18). The molecule has 0 bridgehead atoms. The van der Waals surface area contributed by atoms with Crippen LogP contribution in [0.2, 0.25) is 0 Å². The van der Waals surface area contributed by atoms with Gasteiger partial charge in [-0.15, -0.1) is 11.3 Å². The number of nitrogen functional groups attached to an aromatic ring is 1. The van der Waals surface area contributed by atoms with Crippen LogP contribution in [0.4, 0.5) is 5.69 Å². The lowest BCUT2D eigenvalue weighted by Gasteiger charge is -1.94. The summed E-state index contributed by atoms with van der Waals surface area (Å²) < 4.78 is 0.973. The lowest BCUT2D eigenvalue weighted by atomic mass is 10.2. The van der Waals surface area contributed by atoms with Crippen LogP contribution in [-0.2, 0) is 12.8 Å². The van der Waals surface area contributed by atoms with Crippen LogP contribution in [0.15, 0.2) is 22.7 Å². The van der Waals surface area contributed by atoms with E-state index in [4.69, 9.17) is 5.73 Å². The number of thiophene rings is 1. The van der Waals surface area contributed by atoms with E-state index in [1.807, 2.05) is 23.5 Å². The number of nitrogens with zero attached hydrogens (tertiary/aromatic N) is 1. The molecule has 3 N–H and O–H groups in total. The molecule has 0 saturated heterocycles. The van der Waals surface area contributed by atoms with E-state index in [-0.39, 0.29) is 0 Å². The first-order valence-electron chi connectivity index (χ1n) is 6.27. The highest BCUT2D eigenvalue weighted by Gasteiger charge is 2.17. The number of halogens is 1. The van der Waals surface area contributed by atoms with Crippen LogP contribution in [0.3, 0.4) is 0 Å². The quantitative estimate of drug-likeness (QED) is 0.658. The molecule has 0 amide bonds. The zero-order chi connectivity index (χ0) is 13.0. The molecular weight excluding hydrogens is 322 g/mol. The summed E-state index contributed by atoms with van der Waals surface area (Å²) in [6.07, 6.45) is 3.72. The van der Waals surface area contributed by atoms with Gasteiger partial charge in [0.1, 0.15) is 11.3 Å². The van der Waals surface area contributed by atoms with Gasteiger partial charge in [-0.3, -0.25) is 0 Å². The number of fused-ring (bicyclic) bond motifs is 2. The molecule has 2 heterocycles. The number of nitrogens with two attached hydrogens (primary N) is 1. The fourth-order valence-electron chi connectivity index (χ4n) is 2.67. The zero-order valence-corrected chi connectivity index (χ0v) is 12.6. The largest absolute Gasteiger partial charge is 0.397 e. The second-order valence-electron chi connectivity index (χ2n) is 4.89. The Morgan fingerprint density at radius 2 is 2.16 bits per heavy atom. The van der Waals surface area contributed by atoms with E-state index in [0.717, 1.165) is 21.3 Å². The van der Waals surface area contributed by atoms with Gasteiger partial charge in [-0.1, -0.05) is 15.9 Å². The third-order valence-electron chi connectivity index (χ3n) is 3.56. The molecule has 1 aromatic carbocycles. The molecule has 3 nitrogen and oxygen atoms in total. The number of H-pyrrole nitrogens is 1. The van der Waals surface area contributed by atoms with Gasteiger partial charge in [0.2, 0.25) is 0 Å². The fourth-order valence-corrected chi connectivity index (χ4v) is 4.34. The third-order valence-corrected chi connectivity index (χ3v) is 5.26. The molecule has 0 radical (unpaired) electrons. The van der Waals surface area contributed by atoms with E-state index in [0.29, 0.717) is 5.69 Å². The van der Waals surface area contributed by atoms with Gasteiger partial charge in [0.25, 0.3) is 0 Å². The van der Waals surface area contributed by atoms with E-state index in [2.05, 4.69) is 32.0 Å². The van der Waals surface area contributed by atoms with Crippen molar-refractivity contribution in [3.63, 3.8) is 0 Å². The van der Waals surface area contributed by atoms with Gasteiger partial charge >= 0.3 is 0 Å². The maximum absolute atomic E-state index is 6.01. The van der Waals surface area contributed by atoms with Crippen LogP contribution in [0.5, 0.6) is 0 Å². The number of aromatic amines is 1. The van der Waals surface area contributed by atoms with Crippen molar-refractivity contribution >= 4 is 44.0 Å². The number of aromatic nitrogens is 2. The molecule has 0 fully saturated rings. The maximum atomic E-state index is 6.01. The predicted molar refractivity (Wildman–Crippen MR) is 83.5 cm³/mol. The first-order valence-corrected chi connectivity index (χ1v) is 7.88. The van der Waals surface area contributed by atoms with Crippen LogP contribution in [0.1, 0.15) is 16.9 Å². The van der Waals surface area contributed by atoms with E-state index in [9.17, 15) is 0 Å². The number of hydrogen-bond donors (Lipinski definition) is 2. The topological polar surface area (TPSA) is 54.7 Å². The Hall–Kier alpha value is -1.33. The van der Waals surface area contributed by atoms with Crippen molar-refractivity contribution < 1.29 is 0 Å². The maximum Gasteiger partial charge on any atom is 0.148 e. The first kappa shape index (κ1) is 11.5. The molecule has 19 heavy (non-hydrogen) atoms. The number of imidazole rings is 1. The van der Waals surface area contributed by atoms with Crippen LogP contribution < -0.4 is 5.73 Å². The highest BCUT2D eigenvalue weighted by Crippen LogP contribution is 2.36. The van der Waals surface area contributed by atoms with Crippen molar-refractivity contribution in [2.45, 2.75) is 19.3 Å². The van der Waals surface area contributed by atoms with Gasteiger partial charge in [-0.25, -0.2) is 4.98 Å². The second kappa shape index (κ2) is 4.08. The number of nitrogens with one attached hydrogen (secondary N) is 1. The monoisotopic (exact) mass is 333 g/mol. The zero-order valence-electron chi connectivity index (χ0n) is 10.2. The van der Waals surface area contributed by atoms with Crippen LogP contribution in [0.25, 0.3) is 21.7 Å². The van der Waals surface area contributed by atoms with Crippen LogP contribution in [0, 0.1) is 0 Å². The van der Waals surface area contributed by atoms with Crippen molar-refractivity contribution in [2.75, 3.05) is 5.73 Å². The van der Waals surface area contributed by atoms with Crippen molar-refractivity contribution in [2.24, 2.45) is 0 Å². The van der Waals surface area contributed by atoms with E-state index in [1.165, 1.54) is 34.6 Å². The average molecular weight is 334 g/mol. The fraction of sp³-hybridized carbons (Fsp3) is 0.214. The summed E-state index contributed by atoms with van der Waals surface area (Å²) in [4.78, 5) is 10.8. The molecule has 1 aliphatic carbocycles. The molecule has 0 unspecified atom stereocenters. The Morgan fingerprint density at radius 3 is 3.00 bits per heavy atom.